The van der Waals surface area contributed by atoms with Gasteiger partial charge in [0.05, 0.1) is 19.0 Å². The van der Waals surface area contributed by atoms with Crippen LogP contribution < -0.4 is 10.1 Å². The molecule has 2 rings (SSSR count). The topological polar surface area (TPSA) is 88.7 Å². The molecule has 0 spiro atoms. The van der Waals surface area contributed by atoms with Gasteiger partial charge >= 0.3 is 6.09 Å². The standard InChI is InChI=1S/C14H16N4O3/c1-14(2,3)21-13(19)17-10-5-6-18-11(12(10)20-4)9(7-15)8-16-18/h5-6,8H,1-4H3,(H,17,19). The van der Waals surface area contributed by atoms with Crippen molar-refractivity contribution < 1.29 is 14.3 Å². The number of ether oxygens (including phenoxy) is 2. The molecule has 2 aromatic heterocycles. The highest BCUT2D eigenvalue weighted by Gasteiger charge is 2.19. The molecule has 0 radical (unpaired) electrons. The van der Waals surface area contributed by atoms with Crippen LogP contribution >= 0.6 is 0 Å². The smallest absolute Gasteiger partial charge is 0.412 e. The third-order valence-electron chi connectivity index (χ3n) is 2.60. The van der Waals surface area contributed by atoms with Gasteiger partial charge in [-0.2, -0.15) is 10.4 Å². The Morgan fingerprint density at radius 3 is 2.76 bits per heavy atom. The highest BCUT2D eigenvalue weighted by molar-refractivity contribution is 5.90. The number of methoxy groups -OCH3 is 1. The lowest BCUT2D eigenvalue weighted by Gasteiger charge is -2.20. The van der Waals surface area contributed by atoms with Crippen molar-refractivity contribution in [3.8, 4) is 11.8 Å². The Morgan fingerprint density at radius 2 is 2.19 bits per heavy atom. The van der Waals surface area contributed by atoms with E-state index >= 15 is 0 Å². The van der Waals surface area contributed by atoms with Gasteiger partial charge in [-0.1, -0.05) is 0 Å². The summed E-state index contributed by atoms with van der Waals surface area (Å²) in [5, 5.41) is 15.8. The van der Waals surface area contributed by atoms with Gasteiger partial charge in [0, 0.05) is 6.20 Å². The molecular weight excluding hydrogens is 272 g/mol. The number of nitriles is 1. The van der Waals surface area contributed by atoms with Gasteiger partial charge in [-0.25, -0.2) is 9.31 Å². The number of hydrogen-bond donors (Lipinski definition) is 1. The van der Waals surface area contributed by atoms with Crippen LogP contribution in [0, 0.1) is 11.3 Å². The normalized spacial score (nSPS) is 11.0. The fourth-order valence-electron chi connectivity index (χ4n) is 1.85. The third-order valence-corrected chi connectivity index (χ3v) is 2.60. The summed E-state index contributed by atoms with van der Waals surface area (Å²) in [7, 11) is 1.46. The van der Waals surface area contributed by atoms with Crippen molar-refractivity contribution in [1.29, 1.82) is 5.26 Å². The number of fused-ring (bicyclic) bond motifs is 1. The van der Waals surface area contributed by atoms with Gasteiger partial charge in [0.15, 0.2) is 5.75 Å². The van der Waals surface area contributed by atoms with Crippen LogP contribution in [0.5, 0.6) is 5.75 Å². The minimum Gasteiger partial charge on any atom is -0.492 e. The largest absolute Gasteiger partial charge is 0.492 e. The van der Waals surface area contributed by atoms with E-state index in [1.807, 2.05) is 6.07 Å². The number of carbonyl (C=O) groups is 1. The van der Waals surface area contributed by atoms with Gasteiger partial charge in [0.25, 0.3) is 0 Å². The molecule has 0 saturated heterocycles. The van der Waals surface area contributed by atoms with Crippen LogP contribution in [0.2, 0.25) is 0 Å². The summed E-state index contributed by atoms with van der Waals surface area (Å²) in [6.45, 7) is 5.33. The van der Waals surface area contributed by atoms with E-state index in [1.54, 1.807) is 33.0 Å². The van der Waals surface area contributed by atoms with E-state index in [0.717, 1.165) is 0 Å². The second-order valence-electron chi connectivity index (χ2n) is 5.35. The molecule has 0 bridgehead atoms. The molecule has 0 aromatic carbocycles. The Bertz CT molecular complexity index is 722. The zero-order valence-corrected chi connectivity index (χ0v) is 12.3. The quantitative estimate of drug-likeness (QED) is 0.917. The molecule has 0 aliphatic carbocycles. The van der Waals surface area contributed by atoms with Gasteiger partial charge < -0.3 is 9.47 Å². The Morgan fingerprint density at radius 1 is 1.48 bits per heavy atom. The maximum Gasteiger partial charge on any atom is 0.412 e. The number of carbonyl (C=O) groups excluding carboxylic acids is 1. The average Bonchev–Trinajstić information content (AvgIpc) is 2.79. The molecule has 7 nitrogen and oxygen atoms in total. The van der Waals surface area contributed by atoms with E-state index in [-0.39, 0.29) is 0 Å². The van der Waals surface area contributed by atoms with E-state index in [4.69, 9.17) is 14.7 Å². The Kier molecular flexibility index (Phi) is 3.72. The predicted molar refractivity (Wildman–Crippen MR) is 76.3 cm³/mol. The molecule has 0 aliphatic rings. The molecule has 0 saturated carbocycles. The summed E-state index contributed by atoms with van der Waals surface area (Å²) in [4.78, 5) is 11.8. The van der Waals surface area contributed by atoms with Crippen molar-refractivity contribution in [2.75, 3.05) is 12.4 Å². The first-order valence-corrected chi connectivity index (χ1v) is 6.30. The molecule has 1 N–H and O–H groups in total. The fraction of sp³-hybridized carbons (Fsp3) is 0.357. The van der Waals surface area contributed by atoms with Crippen molar-refractivity contribution in [2.24, 2.45) is 0 Å². The predicted octanol–water partition coefficient (Wildman–Crippen LogP) is 2.56. The summed E-state index contributed by atoms with van der Waals surface area (Å²) in [5.41, 5.74) is 0.667. The minimum atomic E-state index is -0.601. The highest BCUT2D eigenvalue weighted by Crippen LogP contribution is 2.31. The Hall–Kier alpha value is -2.75. The molecule has 2 heterocycles. The first-order chi connectivity index (χ1) is 9.85. The minimum absolute atomic E-state index is 0.359. The fourth-order valence-corrected chi connectivity index (χ4v) is 1.85. The third kappa shape index (κ3) is 3.05. The van der Waals surface area contributed by atoms with E-state index < -0.39 is 11.7 Å². The number of nitrogens with zero attached hydrogens (tertiary/aromatic N) is 3. The zero-order valence-electron chi connectivity index (χ0n) is 12.3. The van der Waals surface area contributed by atoms with Gasteiger partial charge in [0.1, 0.15) is 22.8 Å². The Labute approximate surface area is 122 Å². The van der Waals surface area contributed by atoms with Crippen molar-refractivity contribution in [1.82, 2.24) is 9.61 Å². The zero-order chi connectivity index (χ0) is 15.6. The highest BCUT2D eigenvalue weighted by atomic mass is 16.6. The molecule has 0 unspecified atom stereocenters. The molecule has 2 aromatic rings. The van der Waals surface area contributed by atoms with E-state index in [9.17, 15) is 4.79 Å². The number of pyridine rings is 1. The summed E-state index contributed by atoms with van der Waals surface area (Å²) >= 11 is 0. The lowest BCUT2D eigenvalue weighted by Crippen LogP contribution is -2.27. The lowest BCUT2D eigenvalue weighted by atomic mass is 10.2. The summed E-state index contributed by atoms with van der Waals surface area (Å²) in [6.07, 6.45) is 2.48. The van der Waals surface area contributed by atoms with Gasteiger partial charge in [-0.3, -0.25) is 5.32 Å². The number of aromatic nitrogens is 2. The molecule has 1 amide bonds. The summed E-state index contributed by atoms with van der Waals surface area (Å²) in [6, 6.07) is 3.67. The summed E-state index contributed by atoms with van der Waals surface area (Å²) < 4.78 is 12.0. The van der Waals surface area contributed by atoms with Crippen molar-refractivity contribution >= 4 is 17.3 Å². The monoisotopic (exact) mass is 288 g/mol. The van der Waals surface area contributed by atoms with Crippen LogP contribution in [0.1, 0.15) is 26.3 Å². The number of anilines is 1. The maximum atomic E-state index is 11.8. The molecule has 0 fully saturated rings. The maximum absolute atomic E-state index is 11.8. The van der Waals surface area contributed by atoms with Crippen molar-refractivity contribution in [3.63, 3.8) is 0 Å². The van der Waals surface area contributed by atoms with E-state index in [1.165, 1.54) is 17.8 Å². The van der Waals surface area contributed by atoms with Crippen LogP contribution in [0.4, 0.5) is 10.5 Å². The van der Waals surface area contributed by atoms with Gasteiger partial charge in [-0.05, 0) is 26.8 Å². The van der Waals surface area contributed by atoms with Crippen LogP contribution in [-0.4, -0.2) is 28.4 Å². The summed E-state index contributed by atoms with van der Waals surface area (Å²) in [5.74, 6) is 0.359. The number of hydrogen-bond acceptors (Lipinski definition) is 5. The first kappa shape index (κ1) is 14.7. The lowest BCUT2D eigenvalue weighted by molar-refractivity contribution is 0.0635. The van der Waals surface area contributed by atoms with E-state index in [0.29, 0.717) is 22.5 Å². The van der Waals surface area contributed by atoms with Crippen LogP contribution in [0.15, 0.2) is 18.5 Å². The Balaban J connectivity index is 2.41. The number of nitrogens with one attached hydrogen (secondary N) is 1. The van der Waals surface area contributed by atoms with Crippen LogP contribution in [0.25, 0.3) is 5.52 Å². The average molecular weight is 288 g/mol. The van der Waals surface area contributed by atoms with Crippen molar-refractivity contribution in [2.45, 2.75) is 26.4 Å². The molecular formula is C14H16N4O3. The molecule has 0 atom stereocenters. The molecule has 0 aliphatic heterocycles. The first-order valence-electron chi connectivity index (χ1n) is 6.30. The van der Waals surface area contributed by atoms with Crippen LogP contribution in [-0.2, 0) is 4.74 Å². The SMILES string of the molecule is COc1c(NC(=O)OC(C)(C)C)ccn2ncc(C#N)c12. The number of rotatable bonds is 2. The van der Waals surface area contributed by atoms with Crippen molar-refractivity contribution in [3.05, 3.63) is 24.0 Å². The van der Waals surface area contributed by atoms with Gasteiger partial charge in [-0.15, -0.1) is 0 Å². The van der Waals surface area contributed by atoms with Crippen LogP contribution in [0.3, 0.4) is 0 Å². The van der Waals surface area contributed by atoms with Gasteiger partial charge in [0.2, 0.25) is 0 Å². The number of amides is 1. The molecule has 110 valence electrons. The molecule has 7 heteroatoms. The van der Waals surface area contributed by atoms with E-state index in [2.05, 4.69) is 10.4 Å². The second kappa shape index (κ2) is 5.32. The second-order valence-corrected chi connectivity index (χ2v) is 5.35. The molecule has 21 heavy (non-hydrogen) atoms.